The molecule has 0 aliphatic carbocycles. The van der Waals surface area contributed by atoms with Crippen LogP contribution in [0.25, 0.3) is 0 Å². The molecule has 14 heavy (non-hydrogen) atoms. The van der Waals surface area contributed by atoms with Crippen LogP contribution in [-0.2, 0) is 8.54 Å². The summed E-state index contributed by atoms with van der Waals surface area (Å²) in [4.78, 5) is 0. The second-order valence-electron chi connectivity index (χ2n) is 5.30. The average Bonchev–Trinajstić information content (AvgIpc) is 2.00. The summed E-state index contributed by atoms with van der Waals surface area (Å²) in [5.74, 6) is 0. The van der Waals surface area contributed by atoms with Gasteiger partial charge in [-0.15, -0.1) is 0 Å². The fourth-order valence-electron chi connectivity index (χ4n) is 1.72. The minimum absolute atomic E-state index is 0.648. The Morgan fingerprint density at radius 1 is 1.00 bits per heavy atom. The Morgan fingerprint density at radius 2 is 1.43 bits per heavy atom. The zero-order valence-electron chi connectivity index (χ0n) is 11.0. The highest BCUT2D eigenvalue weighted by atomic mass is 28.4. The predicted octanol–water partition coefficient (Wildman–Crippen LogP) is 2.97. The van der Waals surface area contributed by atoms with E-state index in [1.807, 2.05) is 7.11 Å². The van der Waals surface area contributed by atoms with Gasteiger partial charge in [-0.05, 0) is 44.4 Å². The lowest BCUT2D eigenvalue weighted by molar-refractivity contribution is 0.396. The Hall–Kier alpha value is 0.571. The number of hydrogen-bond donors (Lipinski definition) is 0. The SMILES string of the molecule is CO[Si](C)(C)C(C)[Si](C)(C)O[SiH](C)C. The lowest BCUT2D eigenvalue weighted by atomic mass is 10.9. The Bertz CT molecular complexity index is 181. The smallest absolute Gasteiger partial charge is 0.188 e. The van der Waals surface area contributed by atoms with Crippen molar-refractivity contribution >= 4 is 25.7 Å². The van der Waals surface area contributed by atoms with Crippen molar-refractivity contribution in [2.45, 2.75) is 51.4 Å². The summed E-state index contributed by atoms with van der Waals surface area (Å²) in [6.45, 7) is 16.1. The molecule has 0 bridgehead atoms. The van der Waals surface area contributed by atoms with E-state index in [9.17, 15) is 0 Å². The van der Waals surface area contributed by atoms with Crippen LogP contribution in [0.3, 0.4) is 0 Å². The Morgan fingerprint density at radius 3 is 1.71 bits per heavy atom. The van der Waals surface area contributed by atoms with Gasteiger partial charge in [-0.1, -0.05) is 6.92 Å². The normalized spacial score (nSPS) is 16.1. The van der Waals surface area contributed by atoms with Gasteiger partial charge in [0, 0.05) is 7.11 Å². The van der Waals surface area contributed by atoms with Gasteiger partial charge in [0.2, 0.25) is 0 Å². The summed E-state index contributed by atoms with van der Waals surface area (Å²) in [6.07, 6.45) is 0. The molecule has 0 aliphatic heterocycles. The zero-order valence-corrected chi connectivity index (χ0v) is 14.1. The van der Waals surface area contributed by atoms with Crippen LogP contribution in [0.15, 0.2) is 0 Å². The van der Waals surface area contributed by atoms with Crippen LogP contribution < -0.4 is 0 Å². The van der Waals surface area contributed by atoms with E-state index in [0.717, 1.165) is 0 Å². The maximum Gasteiger partial charge on any atom is 0.188 e. The molecule has 0 N–H and O–H groups in total. The summed E-state index contributed by atoms with van der Waals surface area (Å²) in [7, 11) is -2.11. The molecule has 86 valence electrons. The van der Waals surface area contributed by atoms with E-state index in [0.29, 0.717) is 5.16 Å². The van der Waals surface area contributed by atoms with Gasteiger partial charge in [0.25, 0.3) is 0 Å². The van der Waals surface area contributed by atoms with Crippen molar-refractivity contribution in [2.24, 2.45) is 0 Å². The van der Waals surface area contributed by atoms with Crippen molar-refractivity contribution < 1.29 is 8.54 Å². The molecule has 1 unspecified atom stereocenters. The minimum Gasteiger partial charge on any atom is -0.458 e. The summed E-state index contributed by atoms with van der Waals surface area (Å²) in [5.41, 5.74) is 0. The van der Waals surface area contributed by atoms with Crippen molar-refractivity contribution in [2.75, 3.05) is 7.11 Å². The topological polar surface area (TPSA) is 18.5 Å². The molecule has 0 saturated heterocycles. The molecule has 0 aromatic heterocycles. The van der Waals surface area contributed by atoms with Gasteiger partial charge in [-0.2, -0.15) is 0 Å². The third-order valence-electron chi connectivity index (χ3n) is 3.15. The van der Waals surface area contributed by atoms with Crippen molar-refractivity contribution in [1.29, 1.82) is 0 Å². The highest BCUT2D eigenvalue weighted by Crippen LogP contribution is 2.32. The van der Waals surface area contributed by atoms with E-state index < -0.39 is 25.7 Å². The summed E-state index contributed by atoms with van der Waals surface area (Å²) < 4.78 is 11.9. The minimum atomic E-state index is -1.53. The van der Waals surface area contributed by atoms with Crippen LogP contribution in [0.4, 0.5) is 0 Å². The fourth-order valence-corrected chi connectivity index (χ4v) is 15.4. The molecule has 0 fully saturated rings. The quantitative estimate of drug-likeness (QED) is 0.699. The van der Waals surface area contributed by atoms with Crippen LogP contribution in [0.2, 0.25) is 44.4 Å². The molecule has 1 atom stereocenters. The van der Waals surface area contributed by atoms with Crippen LogP contribution in [0.1, 0.15) is 6.92 Å². The van der Waals surface area contributed by atoms with E-state index in [-0.39, 0.29) is 0 Å². The monoisotopic (exact) mass is 250 g/mol. The highest BCUT2D eigenvalue weighted by molar-refractivity contribution is 6.93. The molecule has 0 amide bonds. The Balaban J connectivity index is 4.56. The molecule has 0 aliphatic rings. The van der Waals surface area contributed by atoms with Crippen molar-refractivity contribution in [1.82, 2.24) is 0 Å². The van der Waals surface area contributed by atoms with Gasteiger partial charge in [-0.25, -0.2) is 0 Å². The first kappa shape index (κ1) is 14.6. The summed E-state index contributed by atoms with van der Waals surface area (Å²) in [6, 6.07) is 0. The molecule has 0 heterocycles. The predicted molar refractivity (Wildman–Crippen MR) is 71.4 cm³/mol. The first-order valence-electron chi connectivity index (χ1n) is 5.36. The standard InChI is InChI=1S/C9H26O2Si3/c1-9(13(5,6)10-2)14(7,8)11-12(3)4/h9,12H,1-8H3. The molecule has 0 rings (SSSR count). The Labute approximate surface area is 93.0 Å². The molecule has 0 aromatic carbocycles. The van der Waals surface area contributed by atoms with E-state index in [1.165, 1.54) is 0 Å². The van der Waals surface area contributed by atoms with Crippen LogP contribution in [0, 0.1) is 0 Å². The van der Waals surface area contributed by atoms with Gasteiger partial charge in [-0.3, -0.25) is 0 Å². The van der Waals surface area contributed by atoms with E-state index in [4.69, 9.17) is 8.54 Å². The van der Waals surface area contributed by atoms with Gasteiger partial charge < -0.3 is 8.54 Å². The average molecular weight is 251 g/mol. The van der Waals surface area contributed by atoms with Gasteiger partial charge in [0.1, 0.15) is 0 Å². The third kappa shape index (κ3) is 3.98. The van der Waals surface area contributed by atoms with Crippen LogP contribution in [-0.4, -0.2) is 32.8 Å². The summed E-state index contributed by atoms with van der Waals surface area (Å²) >= 11 is 0. The first-order valence-corrected chi connectivity index (χ1v) is 14.1. The van der Waals surface area contributed by atoms with Crippen molar-refractivity contribution in [3.8, 4) is 0 Å². The van der Waals surface area contributed by atoms with Crippen LogP contribution >= 0.6 is 0 Å². The molecule has 0 saturated carbocycles. The van der Waals surface area contributed by atoms with E-state index in [2.05, 4.69) is 46.2 Å². The zero-order chi connectivity index (χ0) is 11.6. The molecular weight excluding hydrogens is 224 g/mol. The van der Waals surface area contributed by atoms with Gasteiger partial charge in [0.05, 0.1) is 0 Å². The van der Waals surface area contributed by atoms with Crippen molar-refractivity contribution in [3.05, 3.63) is 0 Å². The van der Waals surface area contributed by atoms with Crippen molar-refractivity contribution in [3.63, 3.8) is 0 Å². The summed E-state index contributed by atoms with van der Waals surface area (Å²) in [5, 5.41) is 0.648. The number of rotatable bonds is 5. The molecule has 2 nitrogen and oxygen atoms in total. The lowest BCUT2D eigenvalue weighted by Gasteiger charge is -2.39. The van der Waals surface area contributed by atoms with Crippen LogP contribution in [0.5, 0.6) is 0 Å². The second-order valence-corrected chi connectivity index (χ2v) is 17.5. The maximum absolute atomic E-state index is 6.22. The molecule has 5 heteroatoms. The molecule has 0 aromatic rings. The third-order valence-corrected chi connectivity index (χ3v) is 16.9. The largest absolute Gasteiger partial charge is 0.458 e. The fraction of sp³-hybridized carbons (Fsp3) is 1.00. The van der Waals surface area contributed by atoms with Gasteiger partial charge >= 0.3 is 0 Å². The Kier molecular flexibility index (Phi) is 5.27. The van der Waals surface area contributed by atoms with Gasteiger partial charge in [0.15, 0.2) is 25.7 Å². The highest BCUT2D eigenvalue weighted by Gasteiger charge is 2.42. The first-order chi connectivity index (χ1) is 6.13. The molecule has 0 spiro atoms. The molecule has 0 radical (unpaired) electrons. The maximum atomic E-state index is 6.22. The number of hydrogen-bond acceptors (Lipinski definition) is 2. The second kappa shape index (κ2) is 5.07. The molecular formula is C9H26O2Si3. The van der Waals surface area contributed by atoms with E-state index in [1.54, 1.807) is 0 Å². The lowest BCUT2D eigenvalue weighted by Crippen LogP contribution is -2.51. The van der Waals surface area contributed by atoms with E-state index >= 15 is 0 Å².